The Balaban J connectivity index is 2.47. The third-order valence-electron chi connectivity index (χ3n) is 2.55. The second kappa shape index (κ2) is 5.31. The lowest BCUT2D eigenvalue weighted by Crippen LogP contribution is -2.06. The number of carbonyl (C=O) groups excluding carboxylic acids is 1. The van der Waals surface area contributed by atoms with Crippen LogP contribution in [0.1, 0.15) is 15.9 Å². The van der Waals surface area contributed by atoms with Crippen LogP contribution in [0.3, 0.4) is 0 Å². The van der Waals surface area contributed by atoms with E-state index in [1.165, 1.54) is 12.1 Å². The van der Waals surface area contributed by atoms with Crippen molar-refractivity contribution in [1.29, 1.82) is 0 Å². The van der Waals surface area contributed by atoms with Gasteiger partial charge in [-0.3, -0.25) is 4.79 Å². The molecule has 2 aromatic rings. The maximum atomic E-state index is 13.8. The molecule has 1 nitrogen and oxygen atoms in total. The van der Waals surface area contributed by atoms with Crippen molar-refractivity contribution < 1.29 is 13.6 Å². The van der Waals surface area contributed by atoms with Crippen molar-refractivity contribution in [2.75, 3.05) is 6.26 Å². The zero-order valence-electron chi connectivity index (χ0n) is 9.61. The highest BCUT2D eigenvalue weighted by molar-refractivity contribution is 7.98. The Kier molecular flexibility index (Phi) is 3.77. The number of rotatable bonds is 3. The first-order chi connectivity index (χ1) is 8.65. The Labute approximate surface area is 108 Å². The highest BCUT2D eigenvalue weighted by atomic mass is 32.2. The van der Waals surface area contributed by atoms with E-state index in [4.69, 9.17) is 0 Å². The molecule has 0 aliphatic carbocycles. The molecule has 0 N–H and O–H groups in total. The maximum absolute atomic E-state index is 13.8. The summed E-state index contributed by atoms with van der Waals surface area (Å²) in [6.45, 7) is 0. The van der Waals surface area contributed by atoms with Crippen molar-refractivity contribution in [3.05, 3.63) is 65.2 Å². The number of hydrogen-bond acceptors (Lipinski definition) is 2. The molecule has 0 fully saturated rings. The molecule has 18 heavy (non-hydrogen) atoms. The SMILES string of the molecule is CSc1ccc(C(=O)c2ccccc2)c(F)c1F. The van der Waals surface area contributed by atoms with Crippen molar-refractivity contribution in [2.24, 2.45) is 0 Å². The third kappa shape index (κ3) is 2.29. The van der Waals surface area contributed by atoms with Gasteiger partial charge in [0.05, 0.1) is 5.56 Å². The summed E-state index contributed by atoms with van der Waals surface area (Å²) in [5.74, 6) is -2.57. The Hall–Kier alpha value is -1.68. The Morgan fingerprint density at radius 2 is 1.67 bits per heavy atom. The minimum absolute atomic E-state index is 0.192. The average Bonchev–Trinajstić information content (AvgIpc) is 2.42. The van der Waals surface area contributed by atoms with Gasteiger partial charge in [-0.15, -0.1) is 11.8 Å². The second-order valence-electron chi connectivity index (χ2n) is 3.64. The molecule has 0 unspecified atom stereocenters. The van der Waals surface area contributed by atoms with Gasteiger partial charge in [0, 0.05) is 10.5 Å². The lowest BCUT2D eigenvalue weighted by molar-refractivity contribution is 0.103. The van der Waals surface area contributed by atoms with E-state index in [1.54, 1.807) is 36.6 Å². The fourth-order valence-corrected chi connectivity index (χ4v) is 2.08. The van der Waals surface area contributed by atoms with Crippen LogP contribution in [-0.2, 0) is 0 Å². The lowest BCUT2D eigenvalue weighted by atomic mass is 10.0. The van der Waals surface area contributed by atoms with E-state index in [-0.39, 0.29) is 10.5 Å². The quantitative estimate of drug-likeness (QED) is 0.617. The molecule has 0 radical (unpaired) electrons. The van der Waals surface area contributed by atoms with Gasteiger partial charge in [-0.05, 0) is 18.4 Å². The first kappa shape index (κ1) is 12.8. The number of halogens is 2. The number of ketones is 1. The molecule has 0 atom stereocenters. The third-order valence-corrected chi connectivity index (χ3v) is 3.30. The first-order valence-electron chi connectivity index (χ1n) is 5.27. The summed E-state index contributed by atoms with van der Waals surface area (Å²) in [6, 6.07) is 11.0. The molecule has 0 saturated carbocycles. The molecular formula is C14H10F2OS. The van der Waals surface area contributed by atoms with Gasteiger partial charge in [-0.25, -0.2) is 8.78 Å². The predicted octanol–water partition coefficient (Wildman–Crippen LogP) is 3.92. The van der Waals surface area contributed by atoms with E-state index >= 15 is 0 Å². The van der Waals surface area contributed by atoms with E-state index in [2.05, 4.69) is 0 Å². The maximum Gasteiger partial charge on any atom is 0.196 e. The molecule has 2 aromatic carbocycles. The van der Waals surface area contributed by atoms with Crippen LogP contribution in [0.4, 0.5) is 8.78 Å². The lowest BCUT2D eigenvalue weighted by Gasteiger charge is -2.06. The highest BCUT2D eigenvalue weighted by Gasteiger charge is 2.19. The standard InChI is InChI=1S/C14H10F2OS/c1-18-11-8-7-10(12(15)13(11)16)14(17)9-5-3-2-4-6-9/h2-8H,1H3. The van der Waals surface area contributed by atoms with Crippen molar-refractivity contribution in [2.45, 2.75) is 4.90 Å². The largest absolute Gasteiger partial charge is 0.288 e. The van der Waals surface area contributed by atoms with E-state index in [0.29, 0.717) is 5.56 Å². The highest BCUT2D eigenvalue weighted by Crippen LogP contribution is 2.25. The van der Waals surface area contributed by atoms with Crippen LogP contribution in [-0.4, -0.2) is 12.0 Å². The van der Waals surface area contributed by atoms with Crippen LogP contribution in [0.5, 0.6) is 0 Å². The first-order valence-corrected chi connectivity index (χ1v) is 6.49. The summed E-state index contributed by atoms with van der Waals surface area (Å²) in [5.41, 5.74) is 0.101. The summed E-state index contributed by atoms with van der Waals surface area (Å²) < 4.78 is 27.4. The van der Waals surface area contributed by atoms with Gasteiger partial charge in [0.1, 0.15) is 0 Å². The normalized spacial score (nSPS) is 10.4. The molecule has 0 aliphatic heterocycles. The molecule has 0 aliphatic rings. The molecule has 92 valence electrons. The summed E-state index contributed by atoms with van der Waals surface area (Å²) in [7, 11) is 0. The van der Waals surface area contributed by atoms with Gasteiger partial charge in [0.2, 0.25) is 0 Å². The topological polar surface area (TPSA) is 17.1 Å². The zero-order valence-corrected chi connectivity index (χ0v) is 10.4. The zero-order chi connectivity index (χ0) is 13.1. The van der Waals surface area contributed by atoms with Gasteiger partial charge in [-0.1, -0.05) is 30.3 Å². The van der Waals surface area contributed by atoms with Crippen LogP contribution in [0.25, 0.3) is 0 Å². The van der Waals surface area contributed by atoms with Gasteiger partial charge in [0.15, 0.2) is 17.4 Å². The van der Waals surface area contributed by atoms with Crippen LogP contribution < -0.4 is 0 Å². The minimum atomic E-state index is -1.09. The van der Waals surface area contributed by atoms with Gasteiger partial charge < -0.3 is 0 Å². The van der Waals surface area contributed by atoms with E-state index < -0.39 is 17.4 Å². The summed E-state index contributed by atoms with van der Waals surface area (Å²) in [4.78, 5) is 12.2. The Bertz CT molecular complexity index is 582. The van der Waals surface area contributed by atoms with Crippen molar-refractivity contribution in [3.8, 4) is 0 Å². The summed E-state index contributed by atoms with van der Waals surface area (Å²) in [5, 5.41) is 0. The fourth-order valence-electron chi connectivity index (χ4n) is 1.61. The minimum Gasteiger partial charge on any atom is -0.288 e. The summed E-state index contributed by atoms with van der Waals surface area (Å²) >= 11 is 1.10. The van der Waals surface area contributed by atoms with Crippen LogP contribution in [0.2, 0.25) is 0 Å². The van der Waals surface area contributed by atoms with E-state index in [9.17, 15) is 13.6 Å². The van der Waals surface area contributed by atoms with E-state index in [0.717, 1.165) is 11.8 Å². The van der Waals surface area contributed by atoms with Crippen LogP contribution in [0.15, 0.2) is 47.4 Å². The molecule has 4 heteroatoms. The smallest absolute Gasteiger partial charge is 0.196 e. The van der Waals surface area contributed by atoms with Crippen LogP contribution >= 0.6 is 11.8 Å². The summed E-state index contributed by atoms with van der Waals surface area (Å²) in [6.07, 6.45) is 1.65. The van der Waals surface area contributed by atoms with Gasteiger partial charge in [0.25, 0.3) is 0 Å². The van der Waals surface area contributed by atoms with Gasteiger partial charge in [-0.2, -0.15) is 0 Å². The Morgan fingerprint density at radius 1 is 1.00 bits per heavy atom. The Morgan fingerprint density at radius 3 is 2.28 bits per heavy atom. The number of hydrogen-bond donors (Lipinski definition) is 0. The molecule has 0 heterocycles. The molecule has 0 amide bonds. The average molecular weight is 264 g/mol. The molecule has 0 saturated heterocycles. The van der Waals surface area contributed by atoms with E-state index in [1.807, 2.05) is 0 Å². The number of thioether (sulfide) groups is 1. The monoisotopic (exact) mass is 264 g/mol. The predicted molar refractivity (Wildman–Crippen MR) is 68.0 cm³/mol. The fraction of sp³-hybridized carbons (Fsp3) is 0.0714. The van der Waals surface area contributed by atoms with Crippen molar-refractivity contribution in [3.63, 3.8) is 0 Å². The molecule has 0 aromatic heterocycles. The van der Waals surface area contributed by atoms with Gasteiger partial charge >= 0.3 is 0 Å². The second-order valence-corrected chi connectivity index (χ2v) is 4.49. The number of benzene rings is 2. The number of carbonyl (C=O) groups is 1. The van der Waals surface area contributed by atoms with Crippen LogP contribution in [0, 0.1) is 11.6 Å². The molecular weight excluding hydrogens is 254 g/mol. The van der Waals surface area contributed by atoms with Crippen molar-refractivity contribution >= 4 is 17.5 Å². The molecule has 0 bridgehead atoms. The molecule has 0 spiro atoms. The molecule has 2 rings (SSSR count). The van der Waals surface area contributed by atoms with Crippen molar-refractivity contribution in [1.82, 2.24) is 0 Å².